The van der Waals surface area contributed by atoms with Crippen LogP contribution in [0.1, 0.15) is 29.9 Å². The van der Waals surface area contributed by atoms with Gasteiger partial charge in [-0.15, -0.1) is 0 Å². The second-order valence-electron chi connectivity index (χ2n) is 4.95. The molecule has 0 amide bonds. The molecule has 2 heterocycles. The molecule has 1 unspecified atom stereocenters. The summed E-state index contributed by atoms with van der Waals surface area (Å²) in [5.74, 6) is 0.360. The van der Waals surface area contributed by atoms with Gasteiger partial charge in [0.2, 0.25) is 0 Å². The Balaban J connectivity index is 2.09. The predicted octanol–water partition coefficient (Wildman–Crippen LogP) is 4.75. The molecular formula is C16H17ClN2S. The van der Waals surface area contributed by atoms with Crippen molar-refractivity contribution in [3.05, 3.63) is 57.4 Å². The van der Waals surface area contributed by atoms with Crippen LogP contribution in [0.4, 0.5) is 0 Å². The van der Waals surface area contributed by atoms with Crippen LogP contribution in [0.3, 0.4) is 0 Å². The van der Waals surface area contributed by atoms with Crippen LogP contribution in [0, 0.1) is 0 Å². The third-order valence-electron chi connectivity index (χ3n) is 3.70. The van der Waals surface area contributed by atoms with E-state index in [2.05, 4.69) is 34.1 Å². The van der Waals surface area contributed by atoms with Crippen LogP contribution in [-0.4, -0.2) is 11.5 Å². The number of halogens is 1. The highest BCUT2D eigenvalue weighted by Crippen LogP contribution is 2.37. The zero-order chi connectivity index (χ0) is 13.9. The molecule has 2 aromatic heterocycles. The molecule has 1 atom stereocenters. The summed E-state index contributed by atoms with van der Waals surface area (Å²) in [6.45, 7) is 0.719. The van der Waals surface area contributed by atoms with Crippen molar-refractivity contribution in [2.24, 2.45) is 5.73 Å². The summed E-state index contributed by atoms with van der Waals surface area (Å²) >= 11 is 8.13. The molecule has 20 heavy (non-hydrogen) atoms. The Labute approximate surface area is 127 Å². The number of aromatic amines is 1. The number of aromatic nitrogens is 1. The van der Waals surface area contributed by atoms with Crippen molar-refractivity contribution in [3.8, 4) is 0 Å². The summed E-state index contributed by atoms with van der Waals surface area (Å²) < 4.78 is 0. The molecule has 1 aromatic carbocycles. The van der Waals surface area contributed by atoms with Gasteiger partial charge in [0.1, 0.15) is 0 Å². The van der Waals surface area contributed by atoms with E-state index in [0.717, 1.165) is 35.3 Å². The average molecular weight is 305 g/mol. The third-order valence-corrected chi connectivity index (χ3v) is 4.72. The minimum Gasteiger partial charge on any atom is -0.361 e. The van der Waals surface area contributed by atoms with Crippen LogP contribution in [0.15, 0.2) is 41.2 Å². The fourth-order valence-corrected chi connectivity index (χ4v) is 3.74. The Morgan fingerprint density at radius 3 is 2.95 bits per heavy atom. The van der Waals surface area contributed by atoms with Crippen molar-refractivity contribution >= 4 is 33.8 Å². The lowest BCUT2D eigenvalue weighted by atomic mass is 9.89. The highest BCUT2D eigenvalue weighted by molar-refractivity contribution is 7.08. The van der Waals surface area contributed by atoms with Crippen LogP contribution in [0.5, 0.6) is 0 Å². The predicted molar refractivity (Wildman–Crippen MR) is 87.8 cm³/mol. The number of fused-ring (bicyclic) bond motifs is 1. The maximum Gasteiger partial charge on any atom is 0.0502 e. The number of H-pyrrole nitrogens is 1. The smallest absolute Gasteiger partial charge is 0.0502 e. The Morgan fingerprint density at radius 1 is 1.30 bits per heavy atom. The minimum atomic E-state index is 0.360. The maximum absolute atomic E-state index is 6.40. The Bertz CT molecular complexity index is 688. The third kappa shape index (κ3) is 2.49. The molecule has 0 fully saturated rings. The van der Waals surface area contributed by atoms with Crippen molar-refractivity contribution in [1.82, 2.24) is 4.98 Å². The van der Waals surface area contributed by atoms with E-state index in [1.165, 1.54) is 11.1 Å². The SMILES string of the molecule is NCCCC(c1ccsc1)c1c[nH]c2cccc(Cl)c12. The Kier molecular flexibility index (Phi) is 4.10. The molecule has 0 radical (unpaired) electrons. The monoisotopic (exact) mass is 304 g/mol. The van der Waals surface area contributed by atoms with E-state index in [1.807, 2.05) is 12.1 Å². The standard InChI is InChI=1S/C16H17ClN2S/c17-14-4-1-5-15-16(14)13(9-19-15)12(3-2-7-18)11-6-8-20-10-11/h1,4-6,8-10,12,19H,2-3,7,18H2. The fraction of sp³-hybridized carbons (Fsp3) is 0.250. The molecule has 0 spiro atoms. The Morgan fingerprint density at radius 2 is 2.20 bits per heavy atom. The minimum absolute atomic E-state index is 0.360. The van der Waals surface area contributed by atoms with E-state index < -0.39 is 0 Å². The largest absolute Gasteiger partial charge is 0.361 e. The molecule has 3 aromatic rings. The lowest BCUT2D eigenvalue weighted by Gasteiger charge is -2.15. The zero-order valence-electron chi connectivity index (χ0n) is 11.1. The van der Waals surface area contributed by atoms with Gasteiger partial charge in [0.15, 0.2) is 0 Å². The summed E-state index contributed by atoms with van der Waals surface area (Å²) in [5, 5.41) is 6.30. The van der Waals surface area contributed by atoms with E-state index in [9.17, 15) is 0 Å². The van der Waals surface area contributed by atoms with Gasteiger partial charge in [-0.3, -0.25) is 0 Å². The van der Waals surface area contributed by atoms with Crippen molar-refractivity contribution < 1.29 is 0 Å². The molecule has 0 aliphatic heterocycles. The van der Waals surface area contributed by atoms with Gasteiger partial charge >= 0.3 is 0 Å². The van der Waals surface area contributed by atoms with E-state index >= 15 is 0 Å². The molecule has 4 heteroatoms. The number of benzene rings is 1. The molecule has 0 aliphatic rings. The zero-order valence-corrected chi connectivity index (χ0v) is 12.7. The first-order chi connectivity index (χ1) is 9.81. The second kappa shape index (κ2) is 6.00. The van der Waals surface area contributed by atoms with E-state index in [-0.39, 0.29) is 0 Å². The van der Waals surface area contributed by atoms with Gasteiger partial charge in [-0.05, 0) is 59.5 Å². The van der Waals surface area contributed by atoms with Crippen molar-refractivity contribution in [3.63, 3.8) is 0 Å². The lowest BCUT2D eigenvalue weighted by molar-refractivity contribution is 0.674. The van der Waals surface area contributed by atoms with Crippen LogP contribution in [0.25, 0.3) is 10.9 Å². The average Bonchev–Trinajstić information content (AvgIpc) is 3.10. The number of hydrogen-bond donors (Lipinski definition) is 2. The molecule has 0 aliphatic carbocycles. The highest BCUT2D eigenvalue weighted by Gasteiger charge is 2.19. The first-order valence-electron chi connectivity index (χ1n) is 6.79. The molecule has 3 N–H and O–H groups in total. The highest BCUT2D eigenvalue weighted by atomic mass is 35.5. The molecular weight excluding hydrogens is 288 g/mol. The maximum atomic E-state index is 6.40. The summed E-state index contributed by atoms with van der Waals surface area (Å²) in [5.41, 5.74) is 9.42. The van der Waals surface area contributed by atoms with Gasteiger partial charge in [0.05, 0.1) is 5.02 Å². The van der Waals surface area contributed by atoms with Gasteiger partial charge in [-0.2, -0.15) is 11.3 Å². The summed E-state index contributed by atoms with van der Waals surface area (Å²) in [7, 11) is 0. The van der Waals surface area contributed by atoms with Crippen molar-refractivity contribution in [2.45, 2.75) is 18.8 Å². The topological polar surface area (TPSA) is 41.8 Å². The molecule has 0 saturated carbocycles. The lowest BCUT2D eigenvalue weighted by Crippen LogP contribution is -2.05. The van der Waals surface area contributed by atoms with Crippen LogP contribution in [0.2, 0.25) is 5.02 Å². The van der Waals surface area contributed by atoms with Gasteiger partial charge < -0.3 is 10.7 Å². The fourth-order valence-electron chi connectivity index (χ4n) is 2.74. The van der Waals surface area contributed by atoms with Gasteiger partial charge in [-0.1, -0.05) is 17.7 Å². The van der Waals surface area contributed by atoms with Gasteiger partial charge in [0.25, 0.3) is 0 Å². The van der Waals surface area contributed by atoms with Crippen molar-refractivity contribution in [2.75, 3.05) is 6.54 Å². The summed E-state index contributed by atoms with van der Waals surface area (Å²) in [6.07, 6.45) is 4.15. The Hall–Kier alpha value is -1.29. The summed E-state index contributed by atoms with van der Waals surface area (Å²) in [6, 6.07) is 8.19. The van der Waals surface area contributed by atoms with Crippen LogP contribution in [-0.2, 0) is 0 Å². The van der Waals surface area contributed by atoms with Crippen LogP contribution >= 0.6 is 22.9 Å². The number of nitrogens with one attached hydrogen (secondary N) is 1. The molecule has 3 rings (SSSR count). The number of thiophene rings is 1. The molecule has 0 saturated heterocycles. The molecule has 0 bridgehead atoms. The quantitative estimate of drug-likeness (QED) is 0.701. The first-order valence-corrected chi connectivity index (χ1v) is 8.11. The molecule has 104 valence electrons. The van der Waals surface area contributed by atoms with Gasteiger partial charge in [-0.25, -0.2) is 0 Å². The van der Waals surface area contributed by atoms with Crippen molar-refractivity contribution in [1.29, 1.82) is 0 Å². The van der Waals surface area contributed by atoms with Crippen LogP contribution < -0.4 is 5.73 Å². The molecule has 2 nitrogen and oxygen atoms in total. The number of nitrogens with two attached hydrogens (primary N) is 1. The van der Waals surface area contributed by atoms with E-state index in [4.69, 9.17) is 17.3 Å². The van der Waals surface area contributed by atoms with E-state index in [0.29, 0.717) is 5.92 Å². The van der Waals surface area contributed by atoms with Gasteiger partial charge in [0, 0.05) is 23.0 Å². The first kappa shape index (κ1) is 13.7. The normalized spacial score (nSPS) is 12.9. The number of hydrogen-bond acceptors (Lipinski definition) is 2. The summed E-state index contributed by atoms with van der Waals surface area (Å²) in [4.78, 5) is 3.34. The number of rotatable bonds is 5. The second-order valence-corrected chi connectivity index (χ2v) is 6.13. The van der Waals surface area contributed by atoms with E-state index in [1.54, 1.807) is 11.3 Å².